The molecule has 0 radical (unpaired) electrons. The largest absolute Gasteiger partial charge is 0.381 e. The average Bonchev–Trinajstić information content (AvgIpc) is 3.28. The van der Waals surface area contributed by atoms with Gasteiger partial charge in [0.05, 0.1) is 12.3 Å². The third-order valence-corrected chi connectivity index (χ3v) is 6.09. The number of halogens is 1. The summed E-state index contributed by atoms with van der Waals surface area (Å²) in [6.45, 7) is 10.3. The summed E-state index contributed by atoms with van der Waals surface area (Å²) in [6.07, 6.45) is 4.87. The Morgan fingerprint density at radius 1 is 1.31 bits per heavy atom. The van der Waals surface area contributed by atoms with Gasteiger partial charge in [-0.1, -0.05) is 6.58 Å². The summed E-state index contributed by atoms with van der Waals surface area (Å²) < 4.78 is 19.5. The number of aromatic nitrogens is 1. The van der Waals surface area contributed by atoms with E-state index in [0.717, 1.165) is 24.3 Å². The van der Waals surface area contributed by atoms with Gasteiger partial charge >= 0.3 is 0 Å². The summed E-state index contributed by atoms with van der Waals surface area (Å²) >= 11 is 0. The third-order valence-electron chi connectivity index (χ3n) is 6.09. The number of pyridine rings is 1. The molecule has 1 atom stereocenters. The van der Waals surface area contributed by atoms with Gasteiger partial charge < -0.3 is 9.64 Å². The van der Waals surface area contributed by atoms with Crippen molar-refractivity contribution in [1.29, 1.82) is 0 Å². The first kappa shape index (κ1) is 19.9. The minimum atomic E-state index is -1.60. The van der Waals surface area contributed by atoms with Gasteiger partial charge in [0.15, 0.2) is 5.67 Å². The van der Waals surface area contributed by atoms with E-state index in [0.29, 0.717) is 62.8 Å². The van der Waals surface area contributed by atoms with E-state index in [1.54, 1.807) is 11.1 Å². The lowest BCUT2D eigenvalue weighted by Crippen LogP contribution is -2.44. The van der Waals surface area contributed by atoms with Gasteiger partial charge in [-0.15, -0.1) is 0 Å². The topological polar surface area (TPSA) is 67.2 Å². The normalized spacial score (nSPS) is 24.4. The van der Waals surface area contributed by atoms with Gasteiger partial charge in [-0.25, -0.2) is 14.4 Å². The number of hydrogen-bond acceptors (Lipinski definition) is 4. The molecule has 0 bridgehead atoms. The number of nitrogens with zero attached hydrogens (tertiary/aromatic N) is 4. The molecule has 3 fully saturated rings. The first-order chi connectivity index (χ1) is 14.0. The molecule has 0 spiro atoms. The highest BCUT2D eigenvalue weighted by Crippen LogP contribution is 2.42. The number of amidine groups is 1. The number of carbonyl (C=O) groups is 1. The molecular weight excluding hydrogens is 371 g/mol. The fourth-order valence-electron chi connectivity index (χ4n) is 4.03. The van der Waals surface area contributed by atoms with Gasteiger partial charge in [0.1, 0.15) is 5.84 Å². The number of amides is 1. The third kappa shape index (κ3) is 4.29. The molecule has 2 saturated heterocycles. The molecule has 1 aliphatic carbocycles. The van der Waals surface area contributed by atoms with Crippen LogP contribution in [0.25, 0.3) is 5.70 Å². The number of aliphatic imine (C=N–C) groups is 2. The number of likely N-dealkylation sites (tertiary alicyclic amines) is 1. The number of alkyl halides is 1. The van der Waals surface area contributed by atoms with E-state index in [9.17, 15) is 9.18 Å². The molecule has 3 heterocycles. The number of ether oxygens (including phenoxy) is 1. The van der Waals surface area contributed by atoms with Gasteiger partial charge in [-0.2, -0.15) is 0 Å². The molecule has 154 valence electrons. The first-order valence-electron chi connectivity index (χ1n) is 10.3. The fourth-order valence-corrected chi connectivity index (χ4v) is 4.03. The van der Waals surface area contributed by atoms with Crippen molar-refractivity contribution in [3.05, 3.63) is 36.2 Å². The highest BCUT2D eigenvalue weighted by Gasteiger charge is 2.53. The van der Waals surface area contributed by atoms with Crippen LogP contribution in [0.15, 0.2) is 34.9 Å². The van der Waals surface area contributed by atoms with Crippen LogP contribution in [0.5, 0.6) is 0 Å². The Morgan fingerprint density at radius 3 is 2.69 bits per heavy atom. The molecule has 1 amide bonds. The van der Waals surface area contributed by atoms with Crippen LogP contribution in [0, 0.1) is 5.92 Å². The van der Waals surface area contributed by atoms with E-state index >= 15 is 0 Å². The van der Waals surface area contributed by atoms with Crippen LogP contribution in [-0.4, -0.2) is 60.3 Å². The van der Waals surface area contributed by atoms with Crippen molar-refractivity contribution in [2.45, 2.75) is 43.7 Å². The summed E-state index contributed by atoms with van der Waals surface area (Å²) in [5.74, 6) is 0.681. The van der Waals surface area contributed by atoms with Gasteiger partial charge in [0.2, 0.25) is 0 Å². The minimum absolute atomic E-state index is 0.0904. The smallest absolute Gasteiger partial charge is 0.260 e. The average molecular weight is 398 g/mol. The van der Waals surface area contributed by atoms with Crippen molar-refractivity contribution in [1.82, 2.24) is 9.88 Å². The number of carbonyl (C=O) groups excluding carboxylic acids is 1. The minimum Gasteiger partial charge on any atom is -0.381 e. The van der Waals surface area contributed by atoms with Crippen LogP contribution in [0.3, 0.4) is 0 Å². The molecule has 3 aliphatic rings. The second kappa shape index (κ2) is 8.14. The molecule has 0 aromatic carbocycles. The molecule has 0 N–H and O–H groups in total. The predicted molar refractivity (Wildman–Crippen MR) is 111 cm³/mol. The Hall–Kier alpha value is -2.41. The van der Waals surface area contributed by atoms with Gasteiger partial charge in [-0.05, 0) is 51.0 Å². The van der Waals surface area contributed by atoms with Gasteiger partial charge in [0, 0.05) is 49.0 Å². The standard InChI is InChI=1S/C22H27FN4O2/c1-15(17-3-9-25-19(13-17)18-6-12-29-14-18)26-20(24-2)16-4-10-27(11-5-16)21(28)22(23)7-8-22/h3,9,13,16,18H,1-2,4-8,10-12,14H2. The molecule has 1 unspecified atom stereocenters. The van der Waals surface area contributed by atoms with E-state index in [2.05, 4.69) is 28.3 Å². The number of hydrogen-bond donors (Lipinski definition) is 0. The monoisotopic (exact) mass is 398 g/mol. The van der Waals surface area contributed by atoms with E-state index in [4.69, 9.17) is 4.74 Å². The molecule has 1 aromatic heterocycles. The summed E-state index contributed by atoms with van der Waals surface area (Å²) in [5.41, 5.74) is 0.924. The molecule has 2 aliphatic heterocycles. The van der Waals surface area contributed by atoms with Crippen LogP contribution in [-0.2, 0) is 9.53 Å². The quantitative estimate of drug-likeness (QED) is 0.564. The molecule has 7 heteroatoms. The van der Waals surface area contributed by atoms with E-state index < -0.39 is 5.67 Å². The lowest BCUT2D eigenvalue weighted by Gasteiger charge is -2.32. The highest BCUT2D eigenvalue weighted by atomic mass is 19.1. The van der Waals surface area contributed by atoms with Crippen LogP contribution in [0.2, 0.25) is 0 Å². The molecule has 1 aromatic rings. The van der Waals surface area contributed by atoms with Gasteiger partial charge in [0.25, 0.3) is 5.91 Å². The number of piperidine rings is 1. The predicted octanol–water partition coefficient (Wildman–Crippen LogP) is 3.40. The van der Waals surface area contributed by atoms with Crippen LogP contribution in [0.1, 0.15) is 49.3 Å². The van der Waals surface area contributed by atoms with Crippen molar-refractivity contribution < 1.29 is 13.9 Å². The van der Waals surface area contributed by atoms with E-state index in [1.807, 2.05) is 12.1 Å². The van der Waals surface area contributed by atoms with Crippen molar-refractivity contribution >= 4 is 24.2 Å². The van der Waals surface area contributed by atoms with E-state index in [1.165, 1.54) is 0 Å². The second-order valence-electron chi connectivity index (χ2n) is 8.14. The summed E-state index contributed by atoms with van der Waals surface area (Å²) in [7, 11) is 0. The zero-order valence-corrected chi connectivity index (χ0v) is 16.6. The zero-order valence-electron chi connectivity index (χ0n) is 16.6. The first-order valence-corrected chi connectivity index (χ1v) is 10.3. The Morgan fingerprint density at radius 2 is 2.07 bits per heavy atom. The second-order valence-corrected chi connectivity index (χ2v) is 8.14. The maximum atomic E-state index is 14.0. The number of rotatable bonds is 5. The van der Waals surface area contributed by atoms with Crippen molar-refractivity contribution in [2.75, 3.05) is 26.3 Å². The SMILES string of the molecule is C=NC(=NC(=C)c1ccnc(C2CCOC2)c1)C1CCN(C(=O)C2(F)CC2)CC1. The van der Waals surface area contributed by atoms with Crippen LogP contribution >= 0.6 is 0 Å². The molecule has 6 nitrogen and oxygen atoms in total. The Balaban J connectivity index is 1.41. The Labute approximate surface area is 170 Å². The lowest BCUT2D eigenvalue weighted by molar-refractivity contribution is -0.139. The maximum Gasteiger partial charge on any atom is 0.260 e. The molecule has 1 saturated carbocycles. The van der Waals surface area contributed by atoms with Crippen molar-refractivity contribution in [2.24, 2.45) is 15.9 Å². The Kier molecular flexibility index (Phi) is 5.58. The van der Waals surface area contributed by atoms with Crippen LogP contribution < -0.4 is 0 Å². The maximum absolute atomic E-state index is 14.0. The fraction of sp³-hybridized carbons (Fsp3) is 0.545. The zero-order chi connectivity index (χ0) is 20.4. The highest BCUT2D eigenvalue weighted by molar-refractivity contribution is 5.93. The van der Waals surface area contributed by atoms with Crippen molar-refractivity contribution in [3.63, 3.8) is 0 Å². The summed E-state index contributed by atoms with van der Waals surface area (Å²) in [5, 5.41) is 0. The summed E-state index contributed by atoms with van der Waals surface area (Å²) in [6, 6.07) is 3.91. The molecular formula is C22H27FN4O2. The lowest BCUT2D eigenvalue weighted by atomic mass is 9.95. The van der Waals surface area contributed by atoms with Crippen molar-refractivity contribution in [3.8, 4) is 0 Å². The van der Waals surface area contributed by atoms with E-state index in [-0.39, 0.29) is 11.8 Å². The Bertz CT molecular complexity index is 835. The summed E-state index contributed by atoms with van der Waals surface area (Å²) in [4.78, 5) is 27.1. The van der Waals surface area contributed by atoms with Gasteiger partial charge in [-0.3, -0.25) is 9.78 Å². The van der Waals surface area contributed by atoms with Crippen LogP contribution in [0.4, 0.5) is 4.39 Å². The molecule has 4 rings (SSSR count). The molecule has 29 heavy (non-hydrogen) atoms.